The molecular weight excluding hydrogens is 440 g/mol. The predicted molar refractivity (Wildman–Crippen MR) is 124 cm³/mol. The van der Waals surface area contributed by atoms with Gasteiger partial charge in [0.05, 0.1) is 12.7 Å². The number of ether oxygens (including phenoxy) is 1. The van der Waals surface area contributed by atoms with Gasteiger partial charge in [-0.25, -0.2) is 0 Å². The molecule has 7 heteroatoms. The van der Waals surface area contributed by atoms with Crippen LogP contribution in [0.15, 0.2) is 36.7 Å². The highest BCUT2D eigenvalue weighted by Crippen LogP contribution is 2.48. The first-order chi connectivity index (χ1) is 15.9. The zero-order valence-electron chi connectivity index (χ0n) is 18.7. The molecule has 1 saturated heterocycles. The van der Waals surface area contributed by atoms with E-state index in [0.29, 0.717) is 53.4 Å². The first kappa shape index (κ1) is 23.0. The van der Waals surface area contributed by atoms with Gasteiger partial charge in [0.15, 0.2) is 0 Å². The van der Waals surface area contributed by atoms with Gasteiger partial charge in [0, 0.05) is 54.5 Å². The number of nitrogens with zero attached hydrogens (tertiary/aromatic N) is 2. The van der Waals surface area contributed by atoms with Crippen LogP contribution in [0.2, 0.25) is 5.02 Å². The van der Waals surface area contributed by atoms with E-state index in [2.05, 4.69) is 16.8 Å². The predicted octanol–water partition coefficient (Wildman–Crippen LogP) is 4.05. The summed E-state index contributed by atoms with van der Waals surface area (Å²) in [5.41, 5.74) is 1.22. The zero-order chi connectivity index (χ0) is 23.6. The van der Waals surface area contributed by atoms with Crippen LogP contribution in [-0.2, 0) is 9.59 Å². The molecule has 2 heterocycles. The molecule has 0 radical (unpaired) electrons. The molecule has 33 heavy (non-hydrogen) atoms. The Morgan fingerprint density at radius 1 is 1.21 bits per heavy atom. The number of benzene rings is 1. The molecule has 1 aliphatic carbocycles. The van der Waals surface area contributed by atoms with Crippen LogP contribution in [-0.4, -0.2) is 47.6 Å². The van der Waals surface area contributed by atoms with E-state index >= 15 is 0 Å². The highest BCUT2D eigenvalue weighted by Gasteiger charge is 2.48. The average Bonchev–Trinajstić information content (AvgIpc) is 2.80. The number of hydrogen-bond donors (Lipinski definition) is 0. The van der Waals surface area contributed by atoms with Gasteiger partial charge < -0.3 is 9.64 Å². The third-order valence-corrected chi connectivity index (χ3v) is 6.94. The molecule has 1 saturated carbocycles. The van der Waals surface area contributed by atoms with Crippen LogP contribution in [0.1, 0.15) is 60.0 Å². The van der Waals surface area contributed by atoms with Crippen LogP contribution in [0.3, 0.4) is 0 Å². The minimum absolute atomic E-state index is 0.0731. The Kier molecular flexibility index (Phi) is 6.53. The maximum atomic E-state index is 13.3. The van der Waals surface area contributed by atoms with E-state index in [1.54, 1.807) is 48.5 Å². The number of carbonyl (C=O) groups excluding carboxylic acids is 3. The van der Waals surface area contributed by atoms with E-state index in [0.717, 1.165) is 0 Å². The summed E-state index contributed by atoms with van der Waals surface area (Å²) in [5, 5.41) is 0.312. The molecule has 1 aromatic carbocycles. The fraction of sp³-hybridized carbons (Fsp3) is 0.385. The van der Waals surface area contributed by atoms with E-state index in [4.69, 9.17) is 16.3 Å². The second-order valence-electron chi connectivity index (χ2n) is 8.70. The maximum Gasteiger partial charge on any atom is 0.255 e. The lowest BCUT2D eigenvalue weighted by Gasteiger charge is -2.44. The number of amides is 1. The van der Waals surface area contributed by atoms with Gasteiger partial charge in [-0.2, -0.15) is 0 Å². The van der Waals surface area contributed by atoms with Crippen molar-refractivity contribution in [2.75, 3.05) is 20.2 Å². The zero-order valence-corrected chi connectivity index (χ0v) is 19.4. The molecule has 170 valence electrons. The third kappa shape index (κ3) is 4.51. The summed E-state index contributed by atoms with van der Waals surface area (Å²) >= 11 is 6.50. The van der Waals surface area contributed by atoms with E-state index in [-0.39, 0.29) is 30.3 Å². The molecule has 6 nitrogen and oxygen atoms in total. The van der Waals surface area contributed by atoms with Gasteiger partial charge in [-0.15, -0.1) is 5.92 Å². The van der Waals surface area contributed by atoms with Crippen molar-refractivity contribution in [3.05, 3.63) is 58.4 Å². The summed E-state index contributed by atoms with van der Waals surface area (Å²) in [6.45, 7) is 2.73. The van der Waals surface area contributed by atoms with Gasteiger partial charge in [0.25, 0.3) is 5.91 Å². The van der Waals surface area contributed by atoms with E-state index in [1.165, 1.54) is 7.11 Å². The summed E-state index contributed by atoms with van der Waals surface area (Å²) in [4.78, 5) is 45.1. The number of halogens is 1. The second-order valence-corrected chi connectivity index (χ2v) is 9.11. The first-order valence-electron chi connectivity index (χ1n) is 10.9. The Labute approximate surface area is 198 Å². The first-order valence-corrected chi connectivity index (χ1v) is 11.3. The highest BCUT2D eigenvalue weighted by molar-refractivity contribution is 6.32. The molecule has 1 aromatic heterocycles. The van der Waals surface area contributed by atoms with Crippen molar-refractivity contribution in [3.8, 4) is 17.6 Å². The van der Waals surface area contributed by atoms with Crippen molar-refractivity contribution in [2.45, 2.75) is 38.5 Å². The number of aromatic nitrogens is 1. The monoisotopic (exact) mass is 464 g/mol. The number of Topliss-reactive ketones (excluding diaryl/α,β-unsaturated/α-hetero) is 2. The summed E-state index contributed by atoms with van der Waals surface area (Å²) in [5.74, 6) is 4.84. The van der Waals surface area contributed by atoms with Gasteiger partial charge in [-0.3, -0.25) is 19.4 Å². The molecule has 1 aliphatic heterocycles. The highest BCUT2D eigenvalue weighted by atomic mass is 35.5. The number of rotatable bonds is 3. The molecule has 0 unspecified atom stereocenters. The topological polar surface area (TPSA) is 76.6 Å². The van der Waals surface area contributed by atoms with Crippen LogP contribution >= 0.6 is 11.6 Å². The number of carbonyl (C=O) groups is 3. The van der Waals surface area contributed by atoms with Gasteiger partial charge in [0.2, 0.25) is 0 Å². The Balaban J connectivity index is 1.51. The molecule has 4 rings (SSSR count). The van der Waals surface area contributed by atoms with Crippen molar-refractivity contribution >= 4 is 29.1 Å². The SMILES string of the molecule is CC#Cc1cc(Cl)c(C2C(=O)CC3(CCN(C(=O)c4cccnc4)CC3)CC2=O)c(OC)c1. The normalized spacial score (nSPS) is 18.1. The molecule has 1 amide bonds. The maximum absolute atomic E-state index is 13.3. The van der Waals surface area contributed by atoms with Gasteiger partial charge in [0.1, 0.15) is 23.2 Å². The molecule has 2 fully saturated rings. The summed E-state index contributed by atoms with van der Waals surface area (Å²) in [6, 6.07) is 6.86. The number of hydrogen-bond acceptors (Lipinski definition) is 5. The second kappa shape index (κ2) is 9.36. The van der Waals surface area contributed by atoms with Crippen LogP contribution in [0.25, 0.3) is 0 Å². The van der Waals surface area contributed by atoms with E-state index in [9.17, 15) is 14.4 Å². The molecular formula is C26H25ClN2O4. The standard InChI is InChI=1S/C26H25ClN2O4/c1-3-5-17-12-19(27)23(22(13-17)33-2)24-20(30)14-26(15-21(24)31)7-10-29(11-8-26)25(32)18-6-4-9-28-16-18/h4,6,9,12-13,16,24H,7-8,10-11,14-15H2,1-2H3. The molecule has 2 aromatic rings. The fourth-order valence-corrected chi connectivity index (χ4v) is 5.29. The van der Waals surface area contributed by atoms with Crippen LogP contribution < -0.4 is 4.74 Å². The van der Waals surface area contributed by atoms with Crippen LogP contribution in [0.5, 0.6) is 5.75 Å². The Bertz CT molecular complexity index is 1140. The number of likely N-dealkylation sites (tertiary alicyclic amines) is 1. The number of ketones is 2. The quantitative estimate of drug-likeness (QED) is 0.506. The molecule has 1 spiro atoms. The minimum atomic E-state index is -0.934. The molecule has 2 aliphatic rings. The molecule has 0 atom stereocenters. The van der Waals surface area contributed by atoms with Crippen molar-refractivity contribution in [2.24, 2.45) is 5.41 Å². The Morgan fingerprint density at radius 2 is 1.91 bits per heavy atom. The fourth-order valence-electron chi connectivity index (χ4n) is 4.98. The number of methoxy groups -OCH3 is 1. The summed E-state index contributed by atoms with van der Waals surface area (Å²) in [6.07, 6.45) is 4.98. The van der Waals surface area contributed by atoms with Gasteiger partial charge >= 0.3 is 0 Å². The van der Waals surface area contributed by atoms with Crippen molar-refractivity contribution in [1.82, 2.24) is 9.88 Å². The van der Waals surface area contributed by atoms with Crippen LogP contribution in [0.4, 0.5) is 0 Å². The number of pyridine rings is 1. The van der Waals surface area contributed by atoms with Gasteiger partial charge in [-0.1, -0.05) is 17.5 Å². The van der Waals surface area contributed by atoms with Crippen molar-refractivity contribution in [3.63, 3.8) is 0 Å². The lowest BCUT2D eigenvalue weighted by atomic mass is 9.63. The smallest absolute Gasteiger partial charge is 0.255 e. The molecule has 0 N–H and O–H groups in total. The van der Waals surface area contributed by atoms with Crippen LogP contribution in [0, 0.1) is 17.3 Å². The Hall–Kier alpha value is -3.17. The largest absolute Gasteiger partial charge is 0.496 e. The summed E-state index contributed by atoms with van der Waals surface area (Å²) < 4.78 is 5.48. The Morgan fingerprint density at radius 3 is 2.48 bits per heavy atom. The van der Waals surface area contributed by atoms with Gasteiger partial charge in [-0.05, 0) is 49.4 Å². The van der Waals surface area contributed by atoms with Crippen molar-refractivity contribution < 1.29 is 19.1 Å². The van der Waals surface area contributed by atoms with Crippen molar-refractivity contribution in [1.29, 1.82) is 0 Å². The van der Waals surface area contributed by atoms with E-state index < -0.39 is 11.3 Å². The molecule has 0 bridgehead atoms. The van der Waals surface area contributed by atoms with E-state index in [1.807, 2.05) is 0 Å². The number of piperidine rings is 1. The lowest BCUT2D eigenvalue weighted by molar-refractivity contribution is -0.138. The minimum Gasteiger partial charge on any atom is -0.496 e. The lowest BCUT2D eigenvalue weighted by Crippen LogP contribution is -2.48. The average molecular weight is 465 g/mol. The summed E-state index contributed by atoms with van der Waals surface area (Å²) in [7, 11) is 1.49. The third-order valence-electron chi connectivity index (χ3n) is 6.63.